The van der Waals surface area contributed by atoms with Crippen LogP contribution in [0, 0.1) is 0 Å². The molecule has 0 saturated heterocycles. The highest BCUT2D eigenvalue weighted by atomic mass is 14.8. The Balaban J connectivity index is 2.58. The average molecular weight is 166 g/mol. The number of nitrogens with zero attached hydrogens (tertiary/aromatic N) is 1. The van der Waals surface area contributed by atoms with Crippen molar-refractivity contribution in [2.75, 3.05) is 0 Å². The van der Waals surface area contributed by atoms with Crippen LogP contribution in [0.15, 0.2) is 36.4 Å². The summed E-state index contributed by atoms with van der Waals surface area (Å²) in [7, 11) is 0. The van der Waals surface area contributed by atoms with E-state index < -0.39 is 0 Å². The maximum absolute atomic E-state index is 4.12. The van der Waals surface area contributed by atoms with Gasteiger partial charge < -0.3 is 0 Å². The lowest BCUT2D eigenvalue weighted by molar-refractivity contribution is 1.39. The van der Waals surface area contributed by atoms with Crippen LogP contribution in [-0.2, 0) is 0 Å². The van der Waals surface area contributed by atoms with Gasteiger partial charge >= 0.3 is 0 Å². The lowest BCUT2D eigenvalue weighted by Crippen LogP contribution is -2.20. The zero-order valence-corrected chi connectivity index (χ0v) is 7.07. The average Bonchev–Trinajstić information content (AvgIpc) is 2.61. The van der Waals surface area contributed by atoms with Crippen molar-refractivity contribution in [2.24, 2.45) is 0 Å². The minimum absolute atomic E-state index is 1.22. The SMILES string of the molecule is C1=c2cc3ccccc3cc2=C[N]1. The monoisotopic (exact) mass is 166 g/mol. The van der Waals surface area contributed by atoms with Crippen LogP contribution in [0.4, 0.5) is 0 Å². The highest BCUT2D eigenvalue weighted by Crippen LogP contribution is 2.08. The molecule has 0 saturated carbocycles. The van der Waals surface area contributed by atoms with Gasteiger partial charge in [0.1, 0.15) is 0 Å². The largest absolute Gasteiger partial charge is 0.263 e. The number of fused-ring (bicyclic) bond motifs is 2. The minimum Gasteiger partial charge on any atom is -0.263 e. The molecule has 1 nitrogen and oxygen atoms in total. The van der Waals surface area contributed by atoms with E-state index in [4.69, 9.17) is 0 Å². The summed E-state index contributed by atoms with van der Waals surface area (Å²) >= 11 is 0. The second kappa shape index (κ2) is 2.36. The van der Waals surface area contributed by atoms with Crippen LogP contribution in [0.1, 0.15) is 0 Å². The highest BCUT2D eigenvalue weighted by molar-refractivity contribution is 5.83. The molecular formula is C12H8N. The van der Waals surface area contributed by atoms with Crippen LogP contribution in [0.2, 0.25) is 0 Å². The van der Waals surface area contributed by atoms with Crippen LogP contribution in [0.5, 0.6) is 0 Å². The van der Waals surface area contributed by atoms with E-state index in [0.29, 0.717) is 0 Å². The Labute approximate surface area is 76.0 Å². The van der Waals surface area contributed by atoms with Gasteiger partial charge in [-0.25, -0.2) is 0 Å². The molecule has 1 radical (unpaired) electrons. The molecule has 1 aliphatic rings. The Morgan fingerprint density at radius 3 is 1.85 bits per heavy atom. The first-order valence-corrected chi connectivity index (χ1v) is 4.33. The molecule has 0 aromatic heterocycles. The van der Waals surface area contributed by atoms with E-state index in [1.807, 2.05) is 12.4 Å². The molecule has 0 aliphatic carbocycles. The Morgan fingerprint density at radius 2 is 1.31 bits per heavy atom. The normalized spacial score (nSPS) is 12.9. The highest BCUT2D eigenvalue weighted by Gasteiger charge is 1.96. The molecule has 3 rings (SSSR count). The Bertz CT molecular complexity index is 529. The maximum atomic E-state index is 4.12. The van der Waals surface area contributed by atoms with Gasteiger partial charge in [-0.3, -0.25) is 5.32 Å². The zero-order valence-electron chi connectivity index (χ0n) is 7.07. The van der Waals surface area contributed by atoms with Crippen LogP contribution in [-0.4, -0.2) is 0 Å². The third kappa shape index (κ3) is 0.937. The van der Waals surface area contributed by atoms with E-state index in [2.05, 4.69) is 41.7 Å². The molecule has 0 atom stereocenters. The van der Waals surface area contributed by atoms with Crippen molar-refractivity contribution >= 4 is 23.2 Å². The molecule has 0 unspecified atom stereocenters. The van der Waals surface area contributed by atoms with Gasteiger partial charge in [-0.2, -0.15) is 0 Å². The summed E-state index contributed by atoms with van der Waals surface area (Å²) in [6.07, 6.45) is 3.81. The third-order valence-electron chi connectivity index (χ3n) is 2.38. The zero-order chi connectivity index (χ0) is 8.67. The Hall–Kier alpha value is -1.76. The van der Waals surface area contributed by atoms with Gasteiger partial charge in [-0.05, 0) is 22.9 Å². The summed E-state index contributed by atoms with van der Waals surface area (Å²) in [6.45, 7) is 0. The van der Waals surface area contributed by atoms with Crippen molar-refractivity contribution in [1.82, 2.24) is 5.32 Å². The fraction of sp³-hybridized carbons (Fsp3) is 0. The second-order valence-electron chi connectivity index (χ2n) is 3.24. The van der Waals surface area contributed by atoms with Gasteiger partial charge in [0, 0.05) is 22.8 Å². The molecule has 1 aliphatic heterocycles. The Kier molecular flexibility index (Phi) is 1.22. The first-order chi connectivity index (χ1) is 6.43. The van der Waals surface area contributed by atoms with Gasteiger partial charge in [0.05, 0.1) is 0 Å². The molecule has 0 fully saturated rings. The van der Waals surface area contributed by atoms with E-state index in [-0.39, 0.29) is 0 Å². The summed E-state index contributed by atoms with van der Waals surface area (Å²) < 4.78 is 0. The molecule has 0 N–H and O–H groups in total. The fourth-order valence-corrected chi connectivity index (χ4v) is 1.70. The number of hydrogen-bond acceptors (Lipinski definition) is 0. The van der Waals surface area contributed by atoms with Gasteiger partial charge in [-0.15, -0.1) is 0 Å². The lowest BCUT2D eigenvalue weighted by atomic mass is 10.1. The first-order valence-electron chi connectivity index (χ1n) is 4.33. The topological polar surface area (TPSA) is 14.1 Å². The van der Waals surface area contributed by atoms with Crippen LogP contribution in [0.3, 0.4) is 0 Å². The van der Waals surface area contributed by atoms with Crippen LogP contribution in [0.25, 0.3) is 23.2 Å². The van der Waals surface area contributed by atoms with Gasteiger partial charge in [0.25, 0.3) is 0 Å². The molecule has 0 amide bonds. The molecular weight excluding hydrogens is 158 g/mol. The molecule has 0 bridgehead atoms. The summed E-state index contributed by atoms with van der Waals surface area (Å²) in [5.74, 6) is 0. The van der Waals surface area contributed by atoms with Crippen molar-refractivity contribution < 1.29 is 0 Å². The molecule has 1 heterocycles. The van der Waals surface area contributed by atoms with Crippen molar-refractivity contribution in [3.05, 3.63) is 46.8 Å². The van der Waals surface area contributed by atoms with E-state index in [1.165, 1.54) is 21.2 Å². The predicted octanol–water partition coefficient (Wildman–Crippen LogP) is 0.934. The van der Waals surface area contributed by atoms with E-state index in [1.54, 1.807) is 0 Å². The fourth-order valence-electron chi connectivity index (χ4n) is 1.70. The second-order valence-corrected chi connectivity index (χ2v) is 3.24. The third-order valence-corrected chi connectivity index (χ3v) is 2.38. The lowest BCUT2D eigenvalue weighted by Gasteiger charge is -1.94. The van der Waals surface area contributed by atoms with E-state index in [9.17, 15) is 0 Å². The van der Waals surface area contributed by atoms with Gasteiger partial charge in [0.15, 0.2) is 0 Å². The smallest absolute Gasteiger partial charge is 0.0347 e. The van der Waals surface area contributed by atoms with Crippen LogP contribution >= 0.6 is 0 Å². The van der Waals surface area contributed by atoms with Crippen molar-refractivity contribution in [1.29, 1.82) is 0 Å². The Morgan fingerprint density at radius 1 is 0.769 bits per heavy atom. The van der Waals surface area contributed by atoms with Crippen molar-refractivity contribution in [3.63, 3.8) is 0 Å². The van der Waals surface area contributed by atoms with Gasteiger partial charge in [-0.1, -0.05) is 24.3 Å². The summed E-state index contributed by atoms with van der Waals surface area (Å²) in [5, 5.41) is 9.13. The standard InChI is InChI=1S/C12H8N/c1-2-4-10-6-12-8-13-7-11(12)5-9(10)3-1/h1-8H. The maximum Gasteiger partial charge on any atom is 0.0347 e. The minimum atomic E-state index is 1.22. The molecule has 1 heteroatoms. The molecule has 2 aromatic carbocycles. The quantitative estimate of drug-likeness (QED) is 0.553. The van der Waals surface area contributed by atoms with Gasteiger partial charge in [0.2, 0.25) is 0 Å². The molecule has 61 valence electrons. The molecule has 2 aromatic rings. The van der Waals surface area contributed by atoms with Crippen molar-refractivity contribution in [2.45, 2.75) is 0 Å². The predicted molar refractivity (Wildman–Crippen MR) is 54.3 cm³/mol. The number of rotatable bonds is 0. The number of benzene rings is 2. The summed E-state index contributed by atoms with van der Waals surface area (Å²) in [6, 6.07) is 12.7. The van der Waals surface area contributed by atoms with E-state index >= 15 is 0 Å². The summed E-state index contributed by atoms with van der Waals surface area (Å²) in [4.78, 5) is 0. The first kappa shape index (κ1) is 6.72. The van der Waals surface area contributed by atoms with Crippen molar-refractivity contribution in [3.8, 4) is 0 Å². The van der Waals surface area contributed by atoms with E-state index in [0.717, 1.165) is 0 Å². The van der Waals surface area contributed by atoms with Crippen LogP contribution < -0.4 is 15.8 Å². The molecule has 0 spiro atoms. The molecule has 13 heavy (non-hydrogen) atoms. The summed E-state index contributed by atoms with van der Waals surface area (Å²) in [5.41, 5.74) is 0. The number of hydrogen-bond donors (Lipinski definition) is 0.